The fraction of sp³-hybridized carbons (Fsp3) is 0.250. The Labute approximate surface area is 75.6 Å². The SMILES string of the molecule is N#Cc1ccc(SCCN)nc1. The third-order valence-electron chi connectivity index (χ3n) is 1.23. The summed E-state index contributed by atoms with van der Waals surface area (Å²) in [5, 5.41) is 9.40. The van der Waals surface area contributed by atoms with Crippen LogP contribution in [0.2, 0.25) is 0 Å². The van der Waals surface area contributed by atoms with Crippen molar-refractivity contribution in [3.63, 3.8) is 0 Å². The highest BCUT2D eigenvalue weighted by Gasteiger charge is 1.94. The lowest BCUT2D eigenvalue weighted by atomic mass is 10.3. The molecule has 1 aromatic heterocycles. The molecule has 0 saturated heterocycles. The van der Waals surface area contributed by atoms with Crippen LogP contribution in [0.25, 0.3) is 0 Å². The molecule has 0 amide bonds. The third-order valence-corrected chi connectivity index (χ3v) is 2.21. The van der Waals surface area contributed by atoms with Crippen molar-refractivity contribution in [3.05, 3.63) is 23.9 Å². The molecule has 4 heteroatoms. The Balaban J connectivity index is 2.60. The Kier molecular flexibility index (Phi) is 3.58. The van der Waals surface area contributed by atoms with E-state index in [4.69, 9.17) is 11.0 Å². The van der Waals surface area contributed by atoms with Crippen LogP contribution < -0.4 is 5.73 Å². The maximum Gasteiger partial charge on any atom is 0.101 e. The number of nitrogens with two attached hydrogens (primary N) is 1. The van der Waals surface area contributed by atoms with E-state index >= 15 is 0 Å². The van der Waals surface area contributed by atoms with Gasteiger partial charge >= 0.3 is 0 Å². The lowest BCUT2D eigenvalue weighted by molar-refractivity contribution is 1.10. The van der Waals surface area contributed by atoms with Crippen LogP contribution in [-0.2, 0) is 0 Å². The average molecular weight is 179 g/mol. The molecule has 1 heterocycles. The van der Waals surface area contributed by atoms with E-state index < -0.39 is 0 Å². The highest BCUT2D eigenvalue weighted by molar-refractivity contribution is 7.99. The summed E-state index contributed by atoms with van der Waals surface area (Å²) in [6, 6.07) is 5.60. The summed E-state index contributed by atoms with van der Waals surface area (Å²) in [5.74, 6) is 0.860. The molecule has 3 nitrogen and oxygen atoms in total. The number of pyridine rings is 1. The van der Waals surface area contributed by atoms with Crippen LogP contribution in [0.5, 0.6) is 0 Å². The van der Waals surface area contributed by atoms with Crippen molar-refractivity contribution in [2.24, 2.45) is 5.73 Å². The van der Waals surface area contributed by atoms with Gasteiger partial charge in [0.1, 0.15) is 6.07 Å². The molecule has 1 rings (SSSR count). The Hall–Kier alpha value is -1.05. The van der Waals surface area contributed by atoms with Crippen molar-refractivity contribution >= 4 is 11.8 Å². The minimum atomic E-state index is 0.590. The number of nitrogens with zero attached hydrogens (tertiary/aromatic N) is 2. The van der Waals surface area contributed by atoms with E-state index in [-0.39, 0.29) is 0 Å². The molecule has 0 aliphatic heterocycles. The van der Waals surface area contributed by atoms with Crippen molar-refractivity contribution in [1.82, 2.24) is 4.98 Å². The lowest BCUT2D eigenvalue weighted by Gasteiger charge is -1.96. The van der Waals surface area contributed by atoms with Gasteiger partial charge in [0.05, 0.1) is 10.6 Å². The van der Waals surface area contributed by atoms with Gasteiger partial charge in [-0.25, -0.2) is 4.98 Å². The highest BCUT2D eigenvalue weighted by Crippen LogP contribution is 2.13. The predicted octanol–water partition coefficient (Wildman–Crippen LogP) is 1.00. The van der Waals surface area contributed by atoms with Crippen LogP contribution >= 0.6 is 11.8 Å². The zero-order chi connectivity index (χ0) is 8.81. The summed E-state index contributed by atoms with van der Waals surface area (Å²) in [5.41, 5.74) is 5.92. The monoisotopic (exact) mass is 179 g/mol. The summed E-state index contributed by atoms with van der Waals surface area (Å²) in [4.78, 5) is 4.07. The first-order valence-electron chi connectivity index (χ1n) is 3.56. The van der Waals surface area contributed by atoms with Crippen molar-refractivity contribution in [2.45, 2.75) is 5.03 Å². The quantitative estimate of drug-likeness (QED) is 0.703. The van der Waals surface area contributed by atoms with Gasteiger partial charge in [-0.05, 0) is 12.1 Å². The molecule has 0 radical (unpaired) electrons. The molecule has 0 fully saturated rings. The van der Waals surface area contributed by atoms with Crippen molar-refractivity contribution in [3.8, 4) is 6.07 Å². The molecule has 0 atom stereocenters. The van der Waals surface area contributed by atoms with Crippen molar-refractivity contribution in [1.29, 1.82) is 5.26 Å². The fourth-order valence-corrected chi connectivity index (χ4v) is 1.31. The molecule has 0 aliphatic rings. The largest absolute Gasteiger partial charge is 0.330 e. The van der Waals surface area contributed by atoms with Gasteiger partial charge in [-0.2, -0.15) is 5.26 Å². The van der Waals surface area contributed by atoms with E-state index in [9.17, 15) is 0 Å². The number of rotatable bonds is 3. The van der Waals surface area contributed by atoms with Crippen LogP contribution in [0.1, 0.15) is 5.56 Å². The minimum Gasteiger partial charge on any atom is -0.330 e. The Bertz CT molecular complexity index is 275. The maximum atomic E-state index is 8.49. The number of thioether (sulfide) groups is 1. The second-order valence-electron chi connectivity index (χ2n) is 2.13. The summed E-state index contributed by atoms with van der Waals surface area (Å²) >= 11 is 1.59. The second kappa shape index (κ2) is 4.75. The maximum absolute atomic E-state index is 8.49. The van der Waals surface area contributed by atoms with E-state index in [1.807, 2.05) is 12.1 Å². The van der Waals surface area contributed by atoms with E-state index in [2.05, 4.69) is 4.98 Å². The predicted molar refractivity (Wildman–Crippen MR) is 48.7 cm³/mol. The van der Waals surface area contributed by atoms with Gasteiger partial charge in [0.25, 0.3) is 0 Å². The first-order valence-corrected chi connectivity index (χ1v) is 4.54. The van der Waals surface area contributed by atoms with Gasteiger partial charge in [0.2, 0.25) is 0 Å². The topological polar surface area (TPSA) is 62.7 Å². The molecule has 0 bridgehead atoms. The smallest absolute Gasteiger partial charge is 0.101 e. The molecule has 0 aliphatic carbocycles. The lowest BCUT2D eigenvalue weighted by Crippen LogP contribution is -2.01. The zero-order valence-corrected chi connectivity index (χ0v) is 7.34. The normalized spacial score (nSPS) is 9.33. The number of hydrogen-bond acceptors (Lipinski definition) is 4. The molecule has 0 aromatic carbocycles. The van der Waals surface area contributed by atoms with E-state index in [0.29, 0.717) is 12.1 Å². The van der Waals surface area contributed by atoms with Gasteiger partial charge < -0.3 is 5.73 Å². The molecule has 0 saturated carbocycles. The van der Waals surface area contributed by atoms with Crippen molar-refractivity contribution in [2.75, 3.05) is 12.3 Å². The summed E-state index contributed by atoms with van der Waals surface area (Å²) in [6.07, 6.45) is 1.57. The Morgan fingerprint density at radius 1 is 1.58 bits per heavy atom. The molecule has 2 N–H and O–H groups in total. The average Bonchev–Trinajstić information content (AvgIpc) is 2.15. The summed E-state index contributed by atoms with van der Waals surface area (Å²) in [7, 11) is 0. The molecule has 1 aromatic rings. The standard InChI is InChI=1S/C8H9N3S/c9-3-4-12-8-2-1-7(5-10)6-11-8/h1-2,6H,3-4,9H2. The van der Waals surface area contributed by atoms with Gasteiger partial charge in [-0.1, -0.05) is 0 Å². The first-order chi connectivity index (χ1) is 5.86. The number of hydrogen-bond donors (Lipinski definition) is 1. The second-order valence-corrected chi connectivity index (χ2v) is 3.25. The van der Waals surface area contributed by atoms with Crippen LogP contribution in [0, 0.1) is 11.3 Å². The molecular formula is C8H9N3S. The minimum absolute atomic E-state index is 0.590. The number of aromatic nitrogens is 1. The third kappa shape index (κ3) is 2.53. The Morgan fingerprint density at radius 3 is 2.92 bits per heavy atom. The van der Waals surface area contributed by atoms with E-state index in [1.54, 1.807) is 24.0 Å². The summed E-state index contributed by atoms with van der Waals surface area (Å²) < 4.78 is 0. The highest BCUT2D eigenvalue weighted by atomic mass is 32.2. The van der Waals surface area contributed by atoms with Crippen LogP contribution in [0.3, 0.4) is 0 Å². The molecule has 0 unspecified atom stereocenters. The van der Waals surface area contributed by atoms with E-state index in [1.165, 1.54) is 0 Å². The van der Waals surface area contributed by atoms with Crippen LogP contribution in [0.15, 0.2) is 23.4 Å². The van der Waals surface area contributed by atoms with Gasteiger partial charge in [-0.15, -0.1) is 11.8 Å². The summed E-state index contributed by atoms with van der Waals surface area (Å²) in [6.45, 7) is 0.645. The fourth-order valence-electron chi connectivity index (χ4n) is 0.695. The zero-order valence-electron chi connectivity index (χ0n) is 6.53. The van der Waals surface area contributed by atoms with E-state index in [0.717, 1.165) is 10.8 Å². The first kappa shape index (κ1) is 9.04. The van der Waals surface area contributed by atoms with Crippen molar-refractivity contribution < 1.29 is 0 Å². The molecule has 0 spiro atoms. The van der Waals surface area contributed by atoms with Crippen LogP contribution in [-0.4, -0.2) is 17.3 Å². The van der Waals surface area contributed by atoms with Crippen LogP contribution in [0.4, 0.5) is 0 Å². The van der Waals surface area contributed by atoms with Gasteiger partial charge in [-0.3, -0.25) is 0 Å². The Morgan fingerprint density at radius 2 is 2.42 bits per heavy atom. The van der Waals surface area contributed by atoms with Gasteiger partial charge in [0.15, 0.2) is 0 Å². The molecule has 12 heavy (non-hydrogen) atoms. The number of nitriles is 1. The molecular weight excluding hydrogens is 170 g/mol. The molecule has 62 valence electrons. The van der Waals surface area contributed by atoms with Gasteiger partial charge in [0, 0.05) is 18.5 Å².